The summed E-state index contributed by atoms with van der Waals surface area (Å²) in [5.74, 6) is -1.65. The largest absolute Gasteiger partial charge is 0.497 e. The summed E-state index contributed by atoms with van der Waals surface area (Å²) in [5.41, 5.74) is -0.973. The first-order valence-corrected chi connectivity index (χ1v) is 23.9. The number of carbonyl (C=O) groups excluding carboxylic acids is 4. The highest BCUT2D eigenvalue weighted by Gasteiger charge is 2.61. The smallest absolute Gasteiger partial charge is 0.307 e. The quantitative estimate of drug-likeness (QED) is 0.149. The van der Waals surface area contributed by atoms with Gasteiger partial charge in [0.2, 0.25) is 27.7 Å². The number of sulfonamides is 1. The van der Waals surface area contributed by atoms with Crippen LogP contribution in [0.2, 0.25) is 0 Å². The summed E-state index contributed by atoms with van der Waals surface area (Å²) in [5, 5.41) is 0.820. The first-order valence-electron chi connectivity index (χ1n) is 22.3. The van der Waals surface area contributed by atoms with Gasteiger partial charge < -0.3 is 23.8 Å². The molecule has 3 fully saturated rings. The molecule has 0 bridgehead atoms. The molecule has 2 aliphatic carbocycles. The number of hydrogen-bond acceptors (Lipinski definition) is 12. The number of nitrogens with zero attached hydrogens (tertiary/aromatic N) is 3. The number of amides is 2. The second-order valence-corrected chi connectivity index (χ2v) is 21.4. The summed E-state index contributed by atoms with van der Waals surface area (Å²) in [6.45, 7) is 13.3. The molecule has 3 aromatic rings. The molecule has 2 aliphatic heterocycles. The van der Waals surface area contributed by atoms with E-state index < -0.39 is 56.2 Å². The molecule has 340 valence electrons. The number of rotatable bonds is 11. The molecule has 63 heavy (non-hydrogen) atoms. The fourth-order valence-corrected chi connectivity index (χ4v) is 10.5. The van der Waals surface area contributed by atoms with E-state index in [1.54, 1.807) is 40.1 Å². The topological polar surface area (TPSA) is 180 Å². The van der Waals surface area contributed by atoms with Crippen LogP contribution < -0.4 is 18.9 Å². The Morgan fingerprint density at radius 1 is 1.00 bits per heavy atom. The maximum atomic E-state index is 15.1. The maximum absolute atomic E-state index is 15.1. The molecule has 1 aromatic carbocycles. The van der Waals surface area contributed by atoms with Gasteiger partial charge in [-0.1, -0.05) is 26.0 Å². The van der Waals surface area contributed by atoms with Crippen molar-refractivity contribution in [3.63, 3.8) is 0 Å². The van der Waals surface area contributed by atoms with Crippen molar-refractivity contribution >= 4 is 44.4 Å². The Morgan fingerprint density at radius 3 is 2.41 bits per heavy atom. The van der Waals surface area contributed by atoms with Crippen molar-refractivity contribution in [2.75, 3.05) is 13.7 Å². The molecule has 15 heteroatoms. The Labute approximate surface area is 370 Å². The van der Waals surface area contributed by atoms with Crippen LogP contribution in [0.4, 0.5) is 0 Å². The van der Waals surface area contributed by atoms with E-state index >= 15 is 4.79 Å². The first-order chi connectivity index (χ1) is 29.7. The third kappa shape index (κ3) is 10.8. The number of ether oxygens (including phenoxy) is 4. The standard InChI is InChI=1S/C48H62N4O10S/c1-28(2)60-34-14-18-39(49-26-34)40-21-31-20-33(59-8)13-17-37(31)44(50-40)61-35-22-41-42(53)25-48(46(56)51-63(57,58)36-15-16-36)24-32(48)12-10-9-11-29(3)19-30(4)38(45(55)52(41)27-35)23-43(54)62-47(5,6)7/h10,12-14,17-18,20-21,26,28-30,32,35-36,38,41H,9,11,15-16,19,22-25,27H2,1-8H3,(H,51,56)/b12-10-/t29-,30+,32+,35+,38-,41-,48+/m0/s1. The van der Waals surface area contributed by atoms with E-state index in [-0.39, 0.29) is 67.2 Å². The third-order valence-electron chi connectivity index (χ3n) is 12.6. The van der Waals surface area contributed by atoms with E-state index in [0.29, 0.717) is 60.4 Å². The second-order valence-electron chi connectivity index (χ2n) is 19.4. The van der Waals surface area contributed by atoms with Gasteiger partial charge >= 0.3 is 5.97 Å². The lowest BCUT2D eigenvalue weighted by Crippen LogP contribution is -2.47. The molecule has 4 aliphatic rings. The van der Waals surface area contributed by atoms with Crippen LogP contribution in [-0.4, -0.2) is 89.6 Å². The first kappa shape index (κ1) is 46.0. The van der Waals surface area contributed by atoms with Crippen LogP contribution in [0.1, 0.15) is 106 Å². The van der Waals surface area contributed by atoms with Gasteiger partial charge in [-0.2, -0.15) is 0 Å². The minimum atomic E-state index is -3.89. The van der Waals surface area contributed by atoms with Gasteiger partial charge in [-0.15, -0.1) is 0 Å². The van der Waals surface area contributed by atoms with Gasteiger partial charge in [-0.25, -0.2) is 13.4 Å². The lowest BCUT2D eigenvalue weighted by atomic mass is 9.82. The van der Waals surface area contributed by atoms with Crippen molar-refractivity contribution in [3.05, 3.63) is 54.7 Å². The second kappa shape index (κ2) is 18.2. The van der Waals surface area contributed by atoms with E-state index in [4.69, 9.17) is 23.9 Å². The predicted molar refractivity (Wildman–Crippen MR) is 237 cm³/mol. The van der Waals surface area contributed by atoms with Crippen LogP contribution >= 0.6 is 0 Å². The Kier molecular flexibility index (Phi) is 13.3. The number of fused-ring (bicyclic) bond motifs is 3. The molecule has 0 spiro atoms. The number of hydrogen-bond donors (Lipinski definition) is 1. The maximum Gasteiger partial charge on any atom is 0.307 e. The van der Waals surface area contributed by atoms with Crippen LogP contribution in [0.15, 0.2) is 54.7 Å². The number of allylic oxidation sites excluding steroid dienone is 2. The van der Waals surface area contributed by atoms with Crippen LogP contribution in [0.3, 0.4) is 0 Å². The number of pyridine rings is 2. The summed E-state index contributed by atoms with van der Waals surface area (Å²) in [4.78, 5) is 68.6. The molecule has 0 radical (unpaired) electrons. The number of methoxy groups -OCH3 is 1. The van der Waals surface area contributed by atoms with Crippen LogP contribution in [0.5, 0.6) is 17.4 Å². The summed E-state index contributed by atoms with van der Waals surface area (Å²) < 4.78 is 52.3. The Morgan fingerprint density at radius 2 is 1.75 bits per heavy atom. The van der Waals surface area contributed by atoms with Crippen LogP contribution in [0, 0.1) is 29.1 Å². The Bertz CT molecular complexity index is 2360. The monoisotopic (exact) mass is 886 g/mol. The Balaban J connectivity index is 1.25. The zero-order valence-electron chi connectivity index (χ0n) is 37.7. The lowest BCUT2D eigenvalue weighted by Gasteiger charge is -2.32. The molecule has 2 amide bonds. The SMILES string of the molecule is COc1ccc2c(O[C@@H]3C[C@H]4C(=O)C[C@]5(C(=O)NS(=O)(=O)C6CC6)C[C@H]5/C=C\CC[C@H](C)C[C@@H](C)[C@H](CC(=O)OC(C)(C)C)C(=O)N4C3)nc(-c3ccc(OC(C)C)cn3)cc2c1. The highest BCUT2D eigenvalue weighted by atomic mass is 32.2. The lowest BCUT2D eigenvalue weighted by molar-refractivity contribution is -0.160. The number of benzene rings is 1. The molecule has 4 heterocycles. The average Bonchev–Trinajstić information content (AvgIpc) is 4.14. The van der Waals surface area contributed by atoms with Crippen molar-refractivity contribution in [2.45, 2.75) is 135 Å². The van der Waals surface area contributed by atoms with E-state index in [1.807, 2.05) is 63.3 Å². The number of aromatic nitrogens is 2. The van der Waals surface area contributed by atoms with Gasteiger partial charge in [0, 0.05) is 18.2 Å². The van der Waals surface area contributed by atoms with Crippen molar-refractivity contribution in [2.24, 2.45) is 29.1 Å². The molecule has 2 aromatic heterocycles. The fourth-order valence-electron chi connectivity index (χ4n) is 9.13. The van der Waals surface area contributed by atoms with Crippen molar-refractivity contribution in [1.29, 1.82) is 0 Å². The normalized spacial score (nSPS) is 27.4. The van der Waals surface area contributed by atoms with Crippen LogP contribution in [0.25, 0.3) is 22.2 Å². The van der Waals surface area contributed by atoms with E-state index in [1.165, 1.54) is 4.90 Å². The van der Waals surface area contributed by atoms with E-state index in [9.17, 15) is 22.8 Å². The zero-order valence-corrected chi connectivity index (χ0v) is 38.5. The van der Waals surface area contributed by atoms with Gasteiger partial charge in [0.1, 0.15) is 23.2 Å². The predicted octanol–water partition coefficient (Wildman–Crippen LogP) is 7.38. The van der Waals surface area contributed by atoms with Gasteiger partial charge in [0.15, 0.2) is 5.78 Å². The fraction of sp³-hybridized carbons (Fsp3) is 0.583. The van der Waals surface area contributed by atoms with Crippen molar-refractivity contribution in [3.8, 4) is 28.8 Å². The number of esters is 1. The van der Waals surface area contributed by atoms with Gasteiger partial charge in [-0.3, -0.25) is 28.9 Å². The number of carbonyl (C=O) groups is 4. The molecule has 7 rings (SSSR count). The van der Waals surface area contributed by atoms with Crippen LogP contribution in [-0.2, 0) is 33.9 Å². The molecule has 2 saturated carbocycles. The highest BCUT2D eigenvalue weighted by molar-refractivity contribution is 7.90. The molecule has 14 nitrogen and oxygen atoms in total. The molecular weight excluding hydrogens is 825 g/mol. The Hall–Kier alpha value is -5.05. The summed E-state index contributed by atoms with van der Waals surface area (Å²) in [6, 6.07) is 10.0. The molecular formula is C48H62N4O10S. The summed E-state index contributed by atoms with van der Waals surface area (Å²) in [7, 11) is -2.30. The van der Waals surface area contributed by atoms with Crippen molar-refractivity contribution in [1.82, 2.24) is 19.6 Å². The number of nitrogens with one attached hydrogen (secondary N) is 1. The molecule has 0 unspecified atom stereocenters. The average molecular weight is 887 g/mol. The van der Waals surface area contributed by atoms with Gasteiger partial charge in [0.05, 0.1) is 66.4 Å². The summed E-state index contributed by atoms with van der Waals surface area (Å²) >= 11 is 0. The van der Waals surface area contributed by atoms with E-state index in [2.05, 4.69) is 16.6 Å². The highest BCUT2D eigenvalue weighted by Crippen LogP contribution is 2.57. The van der Waals surface area contributed by atoms with Gasteiger partial charge in [-0.05, 0) is 133 Å². The minimum Gasteiger partial charge on any atom is -0.497 e. The number of ketones is 1. The molecule has 7 atom stereocenters. The molecule has 1 saturated heterocycles. The summed E-state index contributed by atoms with van der Waals surface area (Å²) in [6.07, 6.45) is 7.90. The van der Waals surface area contributed by atoms with Crippen molar-refractivity contribution < 1.29 is 46.5 Å². The van der Waals surface area contributed by atoms with E-state index in [0.717, 1.165) is 11.8 Å². The zero-order chi connectivity index (χ0) is 45.4. The molecule has 1 N–H and O–H groups in total. The minimum absolute atomic E-state index is 0.00393. The number of Topliss-reactive ketones (excluding diaryl/α,β-unsaturated/α-hetero) is 1. The third-order valence-corrected chi connectivity index (χ3v) is 14.4. The van der Waals surface area contributed by atoms with Gasteiger partial charge in [0.25, 0.3) is 0 Å².